The summed E-state index contributed by atoms with van der Waals surface area (Å²) in [5.41, 5.74) is 0.876. The molecule has 0 aliphatic carbocycles. The first kappa shape index (κ1) is 24.3. The van der Waals surface area contributed by atoms with E-state index in [1.54, 1.807) is 26.0 Å². The normalized spacial score (nSPS) is 17.8. The van der Waals surface area contributed by atoms with Gasteiger partial charge in [0.2, 0.25) is 0 Å². The lowest BCUT2D eigenvalue weighted by Gasteiger charge is -2.26. The van der Waals surface area contributed by atoms with Gasteiger partial charge in [-0.1, -0.05) is 18.2 Å². The molecule has 33 heavy (non-hydrogen) atoms. The predicted molar refractivity (Wildman–Crippen MR) is 123 cm³/mol. The minimum Gasteiger partial charge on any atom is -0.507 e. The molecule has 176 valence electrons. The number of phenols is 1. The van der Waals surface area contributed by atoms with Gasteiger partial charge >= 0.3 is 0 Å². The number of amides is 1. The molecule has 1 amide bonds. The van der Waals surface area contributed by atoms with Crippen LogP contribution in [0, 0.1) is 12.7 Å². The van der Waals surface area contributed by atoms with Crippen LogP contribution in [0.25, 0.3) is 5.76 Å². The van der Waals surface area contributed by atoms with E-state index in [0.29, 0.717) is 30.7 Å². The average Bonchev–Trinajstić information content (AvgIpc) is 3.01. The molecule has 1 heterocycles. The summed E-state index contributed by atoms with van der Waals surface area (Å²) in [6.07, 6.45) is 0.603. The highest BCUT2D eigenvalue weighted by molar-refractivity contribution is 6.46. The van der Waals surface area contributed by atoms with E-state index in [9.17, 15) is 24.2 Å². The summed E-state index contributed by atoms with van der Waals surface area (Å²) in [7, 11) is 3.82. The van der Waals surface area contributed by atoms with Gasteiger partial charge < -0.3 is 24.7 Å². The number of hydrogen-bond donors (Lipinski definition) is 2. The second-order valence-corrected chi connectivity index (χ2v) is 8.27. The molecule has 0 aromatic heterocycles. The Balaban J connectivity index is 2.15. The van der Waals surface area contributed by atoms with Crippen LogP contribution in [0.3, 0.4) is 0 Å². The fourth-order valence-electron chi connectivity index (χ4n) is 3.88. The molecule has 1 saturated heterocycles. The first-order chi connectivity index (χ1) is 15.6. The summed E-state index contributed by atoms with van der Waals surface area (Å²) in [6.45, 7) is 4.64. The zero-order chi connectivity index (χ0) is 24.3. The van der Waals surface area contributed by atoms with Crippen molar-refractivity contribution in [3.8, 4) is 11.5 Å². The molecular formula is C25H29FN2O5. The Bertz CT molecular complexity index is 1100. The van der Waals surface area contributed by atoms with E-state index in [4.69, 9.17) is 4.74 Å². The largest absolute Gasteiger partial charge is 0.507 e. The summed E-state index contributed by atoms with van der Waals surface area (Å²) in [6, 6.07) is 7.80. The number of carbonyl (C=O) groups excluding carboxylic acids is 2. The summed E-state index contributed by atoms with van der Waals surface area (Å²) in [4.78, 5) is 29.4. The summed E-state index contributed by atoms with van der Waals surface area (Å²) >= 11 is 0. The molecule has 1 atom stereocenters. The fourth-order valence-corrected chi connectivity index (χ4v) is 3.88. The van der Waals surface area contributed by atoms with Gasteiger partial charge in [-0.3, -0.25) is 9.59 Å². The number of carbonyl (C=O) groups is 2. The van der Waals surface area contributed by atoms with E-state index in [2.05, 4.69) is 0 Å². The predicted octanol–water partition coefficient (Wildman–Crippen LogP) is 3.61. The van der Waals surface area contributed by atoms with E-state index in [0.717, 1.165) is 6.07 Å². The number of aliphatic hydroxyl groups is 1. The van der Waals surface area contributed by atoms with Crippen LogP contribution in [0.1, 0.15) is 36.1 Å². The van der Waals surface area contributed by atoms with Crippen molar-refractivity contribution in [2.24, 2.45) is 0 Å². The second-order valence-electron chi connectivity index (χ2n) is 8.27. The second kappa shape index (κ2) is 10.0. The van der Waals surface area contributed by atoms with Crippen LogP contribution in [0.4, 0.5) is 4.39 Å². The maximum Gasteiger partial charge on any atom is 0.295 e. The molecule has 2 aromatic rings. The number of phenolic OH excluding ortho intramolecular Hbond substituents is 1. The van der Waals surface area contributed by atoms with Crippen LogP contribution in [-0.2, 0) is 9.59 Å². The maximum atomic E-state index is 14.2. The molecule has 1 aliphatic heterocycles. The number of likely N-dealkylation sites (tertiary alicyclic amines) is 1. The van der Waals surface area contributed by atoms with E-state index in [-0.39, 0.29) is 29.2 Å². The lowest BCUT2D eigenvalue weighted by atomic mass is 9.94. The lowest BCUT2D eigenvalue weighted by molar-refractivity contribution is -0.139. The first-order valence-corrected chi connectivity index (χ1v) is 10.8. The minimum absolute atomic E-state index is 0.0780. The number of benzene rings is 2. The molecule has 1 fully saturated rings. The van der Waals surface area contributed by atoms with Crippen LogP contribution < -0.4 is 4.74 Å². The van der Waals surface area contributed by atoms with Crippen LogP contribution >= 0.6 is 0 Å². The van der Waals surface area contributed by atoms with Crippen LogP contribution in [0.15, 0.2) is 42.0 Å². The van der Waals surface area contributed by atoms with Gasteiger partial charge in [-0.2, -0.15) is 0 Å². The number of halogens is 1. The fraction of sp³-hybridized carbons (Fsp3) is 0.360. The Morgan fingerprint density at radius 3 is 2.55 bits per heavy atom. The molecule has 0 bridgehead atoms. The number of aryl methyl sites for hydroxylation is 1. The van der Waals surface area contributed by atoms with Crippen molar-refractivity contribution in [1.29, 1.82) is 0 Å². The summed E-state index contributed by atoms with van der Waals surface area (Å²) in [5.74, 6) is -2.42. The van der Waals surface area contributed by atoms with Crippen LogP contribution in [-0.4, -0.2) is 65.5 Å². The van der Waals surface area contributed by atoms with Gasteiger partial charge in [0.25, 0.3) is 11.7 Å². The Morgan fingerprint density at radius 1 is 1.18 bits per heavy atom. The van der Waals surface area contributed by atoms with E-state index >= 15 is 0 Å². The van der Waals surface area contributed by atoms with Crippen molar-refractivity contribution in [3.63, 3.8) is 0 Å². The van der Waals surface area contributed by atoms with Crippen molar-refractivity contribution in [2.45, 2.75) is 26.3 Å². The number of nitrogens with zero attached hydrogens (tertiary/aromatic N) is 2. The van der Waals surface area contributed by atoms with Gasteiger partial charge in [-0.25, -0.2) is 4.39 Å². The molecule has 0 saturated carbocycles. The van der Waals surface area contributed by atoms with Crippen molar-refractivity contribution in [1.82, 2.24) is 9.80 Å². The highest BCUT2D eigenvalue weighted by Gasteiger charge is 2.46. The summed E-state index contributed by atoms with van der Waals surface area (Å²) in [5, 5.41) is 21.1. The number of ketones is 1. The number of rotatable bonds is 8. The Hall–Kier alpha value is -3.39. The minimum atomic E-state index is -0.906. The van der Waals surface area contributed by atoms with Crippen LogP contribution in [0.5, 0.6) is 11.5 Å². The lowest BCUT2D eigenvalue weighted by Crippen LogP contribution is -2.32. The van der Waals surface area contributed by atoms with Gasteiger partial charge in [0.1, 0.15) is 11.6 Å². The number of Topliss-reactive ketones (excluding diaryl/α,β-unsaturated/α-hetero) is 1. The van der Waals surface area contributed by atoms with Gasteiger partial charge in [-0.15, -0.1) is 0 Å². The third-order valence-corrected chi connectivity index (χ3v) is 5.59. The Labute approximate surface area is 192 Å². The highest BCUT2D eigenvalue weighted by Crippen LogP contribution is 2.42. The van der Waals surface area contributed by atoms with Gasteiger partial charge in [0, 0.05) is 12.1 Å². The molecule has 2 N–H and O–H groups in total. The van der Waals surface area contributed by atoms with Crippen molar-refractivity contribution in [2.75, 3.05) is 33.8 Å². The molecule has 0 radical (unpaired) electrons. The topological polar surface area (TPSA) is 90.3 Å². The quantitative estimate of drug-likeness (QED) is 0.358. The van der Waals surface area contributed by atoms with E-state index in [1.807, 2.05) is 19.0 Å². The number of aliphatic hydroxyl groups excluding tert-OH is 1. The highest BCUT2D eigenvalue weighted by atomic mass is 19.1. The Kier molecular flexibility index (Phi) is 7.38. The molecule has 7 nitrogen and oxygen atoms in total. The van der Waals surface area contributed by atoms with Crippen molar-refractivity contribution in [3.05, 3.63) is 64.5 Å². The number of ether oxygens (including phenoxy) is 1. The maximum absolute atomic E-state index is 14.2. The molecular weight excluding hydrogens is 427 g/mol. The molecule has 1 aliphatic rings. The number of hydrogen-bond acceptors (Lipinski definition) is 6. The third kappa shape index (κ3) is 5.01. The Morgan fingerprint density at radius 2 is 1.91 bits per heavy atom. The van der Waals surface area contributed by atoms with Gasteiger partial charge in [0.15, 0.2) is 11.5 Å². The molecule has 2 aromatic carbocycles. The van der Waals surface area contributed by atoms with Crippen molar-refractivity contribution < 1.29 is 28.9 Å². The molecule has 3 rings (SSSR count). The number of aromatic hydroxyl groups is 1. The zero-order valence-electron chi connectivity index (χ0n) is 19.3. The smallest absolute Gasteiger partial charge is 0.295 e. The first-order valence-electron chi connectivity index (χ1n) is 10.8. The molecule has 8 heteroatoms. The summed E-state index contributed by atoms with van der Waals surface area (Å²) < 4.78 is 19.7. The zero-order valence-corrected chi connectivity index (χ0v) is 19.3. The average molecular weight is 457 g/mol. The molecule has 0 spiro atoms. The van der Waals surface area contributed by atoms with E-state index < -0.39 is 29.3 Å². The standard InChI is InChI=1S/C25H29FN2O5/c1-5-33-20-14-16(9-10-19(20)29)22-21(23(30)17-8-7-15(2)18(26)13-17)24(31)25(32)28(22)12-6-11-27(3)4/h7-10,13-14,22,29-30H,5-6,11-12H2,1-4H3/b23-21-. The van der Waals surface area contributed by atoms with E-state index in [1.165, 1.54) is 23.1 Å². The SMILES string of the molecule is CCOc1cc(C2/C(=C(/O)c3ccc(C)c(F)c3)C(=O)C(=O)N2CCCN(C)C)ccc1O. The molecule has 1 unspecified atom stereocenters. The van der Waals surface area contributed by atoms with Gasteiger partial charge in [0.05, 0.1) is 18.2 Å². The van der Waals surface area contributed by atoms with Crippen molar-refractivity contribution >= 4 is 17.4 Å². The monoisotopic (exact) mass is 456 g/mol. The third-order valence-electron chi connectivity index (χ3n) is 5.59. The van der Waals surface area contributed by atoms with Crippen LogP contribution in [0.2, 0.25) is 0 Å². The van der Waals surface area contributed by atoms with Gasteiger partial charge in [-0.05, 0) is 70.2 Å².